The van der Waals surface area contributed by atoms with Crippen molar-refractivity contribution in [2.75, 3.05) is 20.0 Å². The Morgan fingerprint density at radius 3 is 2.25 bits per heavy atom. The van der Waals surface area contributed by atoms with Crippen molar-refractivity contribution >= 4 is 9.84 Å². The van der Waals surface area contributed by atoms with Gasteiger partial charge in [0.15, 0.2) is 21.3 Å². The summed E-state index contributed by atoms with van der Waals surface area (Å²) < 4.78 is 35.3. The van der Waals surface area contributed by atoms with Gasteiger partial charge in [0.05, 0.1) is 25.2 Å². The highest BCUT2D eigenvalue weighted by Gasteiger charge is 2.27. The lowest BCUT2D eigenvalue weighted by Gasteiger charge is -2.29. The molecular weight excluding hydrogens is 372 g/mol. The fraction of sp³-hybridized carbons (Fsp3) is 0.739. The number of methoxy groups -OCH3 is 2. The Morgan fingerprint density at radius 1 is 1.00 bits per heavy atom. The lowest BCUT2D eigenvalue weighted by atomic mass is 9.80. The fourth-order valence-corrected chi connectivity index (χ4v) is 6.06. The molecule has 0 N–H and O–H groups in total. The number of sulfone groups is 1. The number of benzene rings is 1. The highest BCUT2D eigenvalue weighted by Crippen LogP contribution is 2.34. The predicted molar refractivity (Wildman–Crippen MR) is 116 cm³/mol. The molecule has 2 rings (SSSR count). The van der Waals surface area contributed by atoms with Crippen LogP contribution < -0.4 is 9.47 Å². The molecule has 0 spiro atoms. The SMILES string of the molecule is CCC(C)S(=O)(=O)CC1CCC(CCCCc2ccc(OC)c(OC)c2)CC1. The average Bonchev–Trinajstić information content (AvgIpc) is 2.71. The van der Waals surface area contributed by atoms with Gasteiger partial charge < -0.3 is 9.47 Å². The fourth-order valence-electron chi connectivity index (χ4n) is 4.23. The molecule has 0 radical (unpaired) electrons. The van der Waals surface area contributed by atoms with E-state index in [0.717, 1.165) is 43.1 Å². The Bertz CT molecular complexity index is 691. The normalized spacial score (nSPS) is 21.3. The van der Waals surface area contributed by atoms with Crippen LogP contribution in [-0.4, -0.2) is 33.6 Å². The van der Waals surface area contributed by atoms with Gasteiger partial charge in [-0.15, -0.1) is 0 Å². The molecule has 1 aromatic carbocycles. The van der Waals surface area contributed by atoms with E-state index in [2.05, 4.69) is 12.1 Å². The van der Waals surface area contributed by atoms with Crippen LogP contribution in [0.1, 0.15) is 70.8 Å². The van der Waals surface area contributed by atoms with Crippen LogP contribution in [0.5, 0.6) is 11.5 Å². The second-order valence-electron chi connectivity index (χ2n) is 8.37. The lowest BCUT2D eigenvalue weighted by molar-refractivity contribution is 0.273. The Morgan fingerprint density at radius 2 is 1.64 bits per heavy atom. The van der Waals surface area contributed by atoms with Crippen LogP contribution in [0.25, 0.3) is 0 Å². The summed E-state index contributed by atoms with van der Waals surface area (Å²) in [4.78, 5) is 0. The zero-order chi connectivity index (χ0) is 20.6. The molecule has 1 aliphatic carbocycles. The largest absolute Gasteiger partial charge is 0.493 e. The van der Waals surface area contributed by atoms with Gasteiger partial charge in [-0.3, -0.25) is 0 Å². The molecule has 1 aromatic rings. The molecule has 0 amide bonds. The minimum absolute atomic E-state index is 0.193. The topological polar surface area (TPSA) is 52.6 Å². The van der Waals surface area contributed by atoms with Crippen LogP contribution >= 0.6 is 0 Å². The maximum Gasteiger partial charge on any atom is 0.160 e. The summed E-state index contributed by atoms with van der Waals surface area (Å²) in [7, 11) is 0.423. The van der Waals surface area contributed by atoms with E-state index in [1.54, 1.807) is 14.2 Å². The minimum Gasteiger partial charge on any atom is -0.493 e. The number of aryl methyl sites for hydroxylation is 1. The van der Waals surface area contributed by atoms with Gasteiger partial charge >= 0.3 is 0 Å². The minimum atomic E-state index is -2.91. The van der Waals surface area contributed by atoms with Crippen LogP contribution in [0.15, 0.2) is 18.2 Å². The maximum atomic E-state index is 12.3. The molecule has 1 saturated carbocycles. The molecule has 1 atom stereocenters. The number of rotatable bonds is 11. The van der Waals surface area contributed by atoms with Crippen molar-refractivity contribution in [2.24, 2.45) is 11.8 Å². The van der Waals surface area contributed by atoms with Crippen molar-refractivity contribution in [1.29, 1.82) is 0 Å². The number of ether oxygens (including phenoxy) is 2. The quantitative estimate of drug-likeness (QED) is 0.456. The van der Waals surface area contributed by atoms with Crippen molar-refractivity contribution in [3.8, 4) is 11.5 Å². The van der Waals surface area contributed by atoms with Gasteiger partial charge in [0.1, 0.15) is 0 Å². The molecule has 0 heterocycles. The summed E-state index contributed by atoms with van der Waals surface area (Å²) in [5.74, 6) is 3.12. The molecular formula is C23H38O4S. The molecule has 4 nitrogen and oxygen atoms in total. The molecule has 0 aromatic heterocycles. The van der Waals surface area contributed by atoms with Crippen molar-refractivity contribution in [3.63, 3.8) is 0 Å². The smallest absolute Gasteiger partial charge is 0.160 e. The first-order valence-corrected chi connectivity index (χ1v) is 12.5. The standard InChI is InChI=1S/C23H38O4S/c1-5-18(2)28(24,25)17-21-12-10-19(11-13-21)8-6-7-9-20-14-15-22(26-3)23(16-20)27-4/h14-16,18-19,21H,5-13,17H2,1-4H3. The third-order valence-corrected chi connectivity index (χ3v) is 8.89. The summed E-state index contributed by atoms with van der Waals surface area (Å²) in [5.41, 5.74) is 1.29. The molecule has 0 saturated heterocycles. The molecule has 1 fully saturated rings. The average molecular weight is 411 g/mol. The van der Waals surface area contributed by atoms with Gasteiger partial charge in [-0.1, -0.05) is 38.7 Å². The first kappa shape index (κ1) is 23.1. The molecule has 0 aliphatic heterocycles. The summed E-state index contributed by atoms with van der Waals surface area (Å²) in [5, 5.41) is -0.193. The van der Waals surface area contributed by atoms with Gasteiger partial charge in [-0.2, -0.15) is 0 Å². The summed E-state index contributed by atoms with van der Waals surface area (Å²) in [6.07, 6.45) is 9.99. The van der Waals surface area contributed by atoms with Crippen molar-refractivity contribution in [2.45, 2.75) is 76.9 Å². The Balaban J connectivity index is 1.68. The zero-order valence-electron chi connectivity index (χ0n) is 18.1. The lowest BCUT2D eigenvalue weighted by Crippen LogP contribution is -2.27. The zero-order valence-corrected chi connectivity index (χ0v) is 18.9. The molecule has 0 bridgehead atoms. The number of hydrogen-bond acceptors (Lipinski definition) is 4. The third-order valence-electron chi connectivity index (χ3n) is 6.40. The summed E-state index contributed by atoms with van der Waals surface area (Å²) in [6.45, 7) is 3.81. The van der Waals surface area contributed by atoms with Gasteiger partial charge in [0.25, 0.3) is 0 Å². The maximum absolute atomic E-state index is 12.3. The van der Waals surface area contributed by atoms with E-state index in [1.807, 2.05) is 19.9 Å². The van der Waals surface area contributed by atoms with Crippen molar-refractivity contribution in [1.82, 2.24) is 0 Å². The number of unbranched alkanes of at least 4 members (excludes halogenated alkanes) is 1. The van der Waals surface area contributed by atoms with Gasteiger partial charge in [0.2, 0.25) is 0 Å². The first-order chi connectivity index (χ1) is 13.4. The van der Waals surface area contributed by atoms with Crippen LogP contribution in [0.3, 0.4) is 0 Å². The second kappa shape index (κ2) is 11.1. The number of hydrogen-bond donors (Lipinski definition) is 0. The van der Waals surface area contributed by atoms with Crippen molar-refractivity contribution < 1.29 is 17.9 Å². The van der Waals surface area contributed by atoms with E-state index in [1.165, 1.54) is 37.7 Å². The predicted octanol–water partition coefficient (Wildman–Crippen LogP) is 5.44. The molecule has 5 heteroatoms. The molecule has 1 aliphatic rings. The molecule has 160 valence electrons. The van der Waals surface area contributed by atoms with Gasteiger partial charge in [-0.05, 0) is 68.6 Å². The van der Waals surface area contributed by atoms with Gasteiger partial charge in [-0.25, -0.2) is 8.42 Å². The third kappa shape index (κ3) is 6.68. The van der Waals surface area contributed by atoms with E-state index >= 15 is 0 Å². The van der Waals surface area contributed by atoms with Crippen LogP contribution in [0.2, 0.25) is 0 Å². The Hall–Kier alpha value is -1.23. The monoisotopic (exact) mass is 410 g/mol. The van der Waals surface area contributed by atoms with Crippen LogP contribution in [-0.2, 0) is 16.3 Å². The first-order valence-electron chi connectivity index (χ1n) is 10.8. The van der Waals surface area contributed by atoms with E-state index < -0.39 is 9.84 Å². The van der Waals surface area contributed by atoms with Crippen LogP contribution in [0, 0.1) is 11.8 Å². The highest BCUT2D eigenvalue weighted by atomic mass is 32.2. The van der Waals surface area contributed by atoms with Crippen molar-refractivity contribution in [3.05, 3.63) is 23.8 Å². The van der Waals surface area contributed by atoms with E-state index in [4.69, 9.17) is 9.47 Å². The Kier molecular flexibility index (Phi) is 9.13. The van der Waals surface area contributed by atoms with E-state index in [9.17, 15) is 8.42 Å². The highest BCUT2D eigenvalue weighted by molar-refractivity contribution is 7.92. The molecule has 1 unspecified atom stereocenters. The molecule has 28 heavy (non-hydrogen) atoms. The summed E-state index contributed by atoms with van der Waals surface area (Å²) >= 11 is 0. The van der Waals surface area contributed by atoms with Crippen LogP contribution in [0.4, 0.5) is 0 Å². The summed E-state index contributed by atoms with van der Waals surface area (Å²) in [6, 6.07) is 6.16. The van der Waals surface area contributed by atoms with Gasteiger partial charge in [0, 0.05) is 0 Å². The van der Waals surface area contributed by atoms with E-state index in [0.29, 0.717) is 11.7 Å². The van der Waals surface area contributed by atoms with E-state index in [-0.39, 0.29) is 5.25 Å². The second-order valence-corrected chi connectivity index (χ2v) is 10.8. The Labute approximate surface area is 171 Å².